The number of urea groups is 1. The topological polar surface area (TPSA) is 50.4 Å². The average molecular weight is 368 g/mol. The predicted molar refractivity (Wildman–Crippen MR) is 72.0 cm³/mol. The van der Waals surface area contributed by atoms with Gasteiger partial charge in [-0.15, -0.1) is 13.2 Å². The van der Waals surface area contributed by atoms with E-state index in [2.05, 4.69) is 10.1 Å². The highest BCUT2D eigenvalue weighted by molar-refractivity contribution is 5.99. The van der Waals surface area contributed by atoms with Crippen molar-refractivity contribution in [2.45, 2.75) is 6.36 Å². The summed E-state index contributed by atoms with van der Waals surface area (Å²) in [6.07, 6.45) is -4.89. The lowest BCUT2D eigenvalue weighted by Gasteiger charge is -2.11. The number of ether oxygens (including phenoxy) is 1. The number of amides is 2. The lowest BCUT2D eigenvalue weighted by Crippen LogP contribution is -2.21. The number of nitrogens with one attached hydrogen (secondary N) is 2. The molecule has 0 aliphatic carbocycles. The summed E-state index contributed by atoms with van der Waals surface area (Å²) < 4.78 is 91.9. The smallest absolute Gasteiger partial charge is 0.406 e. The Kier molecular flexibility index (Phi) is 5.04. The first kappa shape index (κ1) is 18.4. The summed E-state index contributed by atoms with van der Waals surface area (Å²) in [5, 5.41) is 3.81. The number of carbonyl (C=O) groups excluding carboxylic acids is 1. The molecule has 134 valence electrons. The Morgan fingerprint density at radius 2 is 1.48 bits per heavy atom. The van der Waals surface area contributed by atoms with Gasteiger partial charge in [-0.3, -0.25) is 0 Å². The van der Waals surface area contributed by atoms with Crippen molar-refractivity contribution in [3.05, 3.63) is 53.6 Å². The van der Waals surface area contributed by atoms with Gasteiger partial charge in [0.2, 0.25) is 0 Å². The number of alkyl halides is 3. The third kappa shape index (κ3) is 4.75. The van der Waals surface area contributed by atoms with Crippen molar-refractivity contribution in [3.8, 4) is 5.75 Å². The van der Waals surface area contributed by atoms with Crippen LogP contribution in [0.4, 0.5) is 46.9 Å². The Labute approximate surface area is 135 Å². The van der Waals surface area contributed by atoms with E-state index in [0.29, 0.717) is 0 Å². The van der Waals surface area contributed by atoms with E-state index in [-0.39, 0.29) is 11.8 Å². The van der Waals surface area contributed by atoms with Gasteiger partial charge >= 0.3 is 12.4 Å². The number of rotatable bonds is 3. The molecule has 0 bridgehead atoms. The summed E-state index contributed by atoms with van der Waals surface area (Å²) in [6.45, 7) is 0. The third-order valence-electron chi connectivity index (χ3n) is 2.70. The van der Waals surface area contributed by atoms with Crippen LogP contribution in [0.5, 0.6) is 5.75 Å². The Bertz CT molecular complexity index is 791. The molecule has 4 nitrogen and oxygen atoms in total. The maximum atomic E-state index is 13.4. The molecule has 0 aliphatic rings. The largest absolute Gasteiger partial charge is 0.573 e. The molecular weight excluding hydrogens is 361 g/mol. The highest BCUT2D eigenvalue weighted by Gasteiger charge is 2.31. The second-order valence-electron chi connectivity index (χ2n) is 4.50. The van der Waals surface area contributed by atoms with E-state index in [4.69, 9.17) is 0 Å². The standard InChI is InChI=1S/C14H7F7N2O2/c15-8-5-9(11(17)12(18)10(8)16)23-13(24)22-6-1-3-7(4-2-6)25-14(19,20)21/h1-5H,(H2,22,23,24). The van der Waals surface area contributed by atoms with Crippen molar-refractivity contribution < 1.29 is 40.3 Å². The molecule has 25 heavy (non-hydrogen) atoms. The number of carbonyl (C=O) groups is 1. The molecule has 2 aromatic carbocycles. The molecule has 0 fully saturated rings. The molecule has 0 atom stereocenters. The SMILES string of the molecule is O=C(Nc1ccc(OC(F)(F)F)cc1)Nc1cc(F)c(F)c(F)c1F. The Morgan fingerprint density at radius 1 is 0.880 bits per heavy atom. The van der Waals surface area contributed by atoms with Crippen molar-refractivity contribution in [3.63, 3.8) is 0 Å². The number of benzene rings is 2. The van der Waals surface area contributed by atoms with Gasteiger partial charge in [-0.25, -0.2) is 22.4 Å². The van der Waals surface area contributed by atoms with Crippen LogP contribution in [-0.4, -0.2) is 12.4 Å². The Balaban J connectivity index is 2.06. The molecule has 2 aromatic rings. The monoisotopic (exact) mass is 368 g/mol. The van der Waals surface area contributed by atoms with Crippen LogP contribution in [0, 0.1) is 23.3 Å². The van der Waals surface area contributed by atoms with Gasteiger partial charge in [0.25, 0.3) is 0 Å². The molecule has 0 aliphatic heterocycles. The van der Waals surface area contributed by atoms with Gasteiger partial charge in [0.15, 0.2) is 23.3 Å². The second kappa shape index (κ2) is 6.87. The number of anilines is 2. The summed E-state index contributed by atoms with van der Waals surface area (Å²) in [4.78, 5) is 11.6. The van der Waals surface area contributed by atoms with Gasteiger partial charge in [0, 0.05) is 11.8 Å². The van der Waals surface area contributed by atoms with Crippen LogP contribution in [-0.2, 0) is 0 Å². The lowest BCUT2D eigenvalue weighted by atomic mass is 10.2. The minimum atomic E-state index is -4.89. The van der Waals surface area contributed by atoms with Gasteiger partial charge in [-0.1, -0.05) is 0 Å². The molecule has 0 saturated heterocycles. The summed E-state index contributed by atoms with van der Waals surface area (Å²) in [5.41, 5.74) is -0.999. The van der Waals surface area contributed by atoms with Gasteiger partial charge < -0.3 is 15.4 Å². The van der Waals surface area contributed by atoms with Crippen molar-refractivity contribution in [2.75, 3.05) is 10.6 Å². The minimum absolute atomic E-state index is 0.0320. The number of halogens is 7. The van der Waals surface area contributed by atoms with Crippen LogP contribution in [0.15, 0.2) is 30.3 Å². The van der Waals surface area contributed by atoms with E-state index in [9.17, 15) is 35.5 Å². The Hall–Kier alpha value is -2.98. The lowest BCUT2D eigenvalue weighted by molar-refractivity contribution is -0.274. The van der Waals surface area contributed by atoms with Crippen LogP contribution in [0.1, 0.15) is 0 Å². The maximum absolute atomic E-state index is 13.4. The van der Waals surface area contributed by atoms with Crippen molar-refractivity contribution in [2.24, 2.45) is 0 Å². The third-order valence-corrected chi connectivity index (χ3v) is 2.70. The second-order valence-corrected chi connectivity index (χ2v) is 4.50. The van der Waals surface area contributed by atoms with Gasteiger partial charge in [-0.05, 0) is 24.3 Å². The number of hydrogen-bond donors (Lipinski definition) is 2. The van der Waals surface area contributed by atoms with E-state index < -0.39 is 47.1 Å². The summed E-state index contributed by atoms with van der Waals surface area (Å²) >= 11 is 0. The van der Waals surface area contributed by atoms with Crippen molar-refractivity contribution >= 4 is 17.4 Å². The summed E-state index contributed by atoms with van der Waals surface area (Å²) in [5.74, 6) is -8.23. The number of hydrogen-bond acceptors (Lipinski definition) is 2. The van der Waals surface area contributed by atoms with E-state index in [1.54, 1.807) is 5.32 Å². The zero-order valence-corrected chi connectivity index (χ0v) is 11.8. The van der Waals surface area contributed by atoms with Gasteiger partial charge in [0.05, 0.1) is 5.69 Å². The molecular formula is C14H7F7N2O2. The fraction of sp³-hybridized carbons (Fsp3) is 0.0714. The highest BCUT2D eigenvalue weighted by Crippen LogP contribution is 2.25. The van der Waals surface area contributed by atoms with E-state index in [1.807, 2.05) is 0 Å². The van der Waals surface area contributed by atoms with Gasteiger partial charge in [-0.2, -0.15) is 0 Å². The highest BCUT2D eigenvalue weighted by atomic mass is 19.4. The van der Waals surface area contributed by atoms with Crippen molar-refractivity contribution in [1.29, 1.82) is 0 Å². The molecule has 2 N–H and O–H groups in total. The summed E-state index contributed by atoms with van der Waals surface area (Å²) in [6, 6.07) is 2.90. The van der Waals surface area contributed by atoms with Crippen molar-refractivity contribution in [1.82, 2.24) is 0 Å². The molecule has 0 saturated carbocycles. The minimum Gasteiger partial charge on any atom is -0.406 e. The van der Waals surface area contributed by atoms with E-state index in [0.717, 1.165) is 24.3 Å². The van der Waals surface area contributed by atoms with E-state index in [1.165, 1.54) is 0 Å². The van der Waals surface area contributed by atoms with Crippen LogP contribution >= 0.6 is 0 Å². The first-order chi connectivity index (χ1) is 11.6. The maximum Gasteiger partial charge on any atom is 0.573 e. The zero-order valence-electron chi connectivity index (χ0n) is 11.8. The molecule has 0 unspecified atom stereocenters. The molecule has 0 aromatic heterocycles. The average Bonchev–Trinajstić information content (AvgIpc) is 2.51. The molecule has 0 radical (unpaired) electrons. The van der Waals surface area contributed by atoms with Gasteiger partial charge in [0.1, 0.15) is 5.75 Å². The predicted octanol–water partition coefficient (Wildman–Crippen LogP) is 4.79. The zero-order chi connectivity index (χ0) is 18.8. The molecule has 11 heteroatoms. The molecule has 2 rings (SSSR count). The molecule has 0 heterocycles. The quantitative estimate of drug-likeness (QED) is 0.465. The first-order valence-electron chi connectivity index (χ1n) is 6.33. The fourth-order valence-corrected chi connectivity index (χ4v) is 1.69. The van der Waals surface area contributed by atoms with E-state index >= 15 is 0 Å². The molecule has 2 amide bonds. The summed E-state index contributed by atoms with van der Waals surface area (Å²) in [7, 11) is 0. The first-order valence-corrected chi connectivity index (χ1v) is 6.33. The molecule has 0 spiro atoms. The normalized spacial score (nSPS) is 11.2. The van der Waals surface area contributed by atoms with Crippen LogP contribution in [0.25, 0.3) is 0 Å². The van der Waals surface area contributed by atoms with Crippen LogP contribution in [0.2, 0.25) is 0 Å². The fourth-order valence-electron chi connectivity index (χ4n) is 1.69. The van der Waals surface area contributed by atoms with Crippen LogP contribution in [0.3, 0.4) is 0 Å². The Morgan fingerprint density at radius 3 is 2.04 bits per heavy atom. The van der Waals surface area contributed by atoms with Crippen LogP contribution < -0.4 is 15.4 Å².